The van der Waals surface area contributed by atoms with Gasteiger partial charge in [-0.2, -0.15) is 0 Å². The molecule has 0 spiro atoms. The molecule has 2 atom stereocenters. The van der Waals surface area contributed by atoms with Gasteiger partial charge < -0.3 is 10.2 Å². The van der Waals surface area contributed by atoms with Crippen LogP contribution in [0, 0.1) is 13.8 Å². The highest BCUT2D eigenvalue weighted by atomic mass is 127. The van der Waals surface area contributed by atoms with Crippen LogP contribution in [0.4, 0.5) is 0 Å². The Bertz CT molecular complexity index is 847. The molecule has 1 aliphatic rings. The summed E-state index contributed by atoms with van der Waals surface area (Å²) in [5.74, 6) is 0.659. The van der Waals surface area contributed by atoms with Gasteiger partial charge in [0.2, 0.25) is 0 Å². The second-order valence-electron chi connectivity index (χ2n) is 7.31. The number of aromatic hydroxyl groups is 2. The molecule has 0 saturated carbocycles. The molecule has 1 aliphatic heterocycles. The predicted molar refractivity (Wildman–Crippen MR) is 140 cm³/mol. The number of halogens is 2. The summed E-state index contributed by atoms with van der Waals surface area (Å²) in [6.45, 7) is 7.75. The molecule has 8 heteroatoms. The van der Waals surface area contributed by atoms with E-state index in [4.69, 9.17) is 2.56 Å². The van der Waals surface area contributed by atoms with Gasteiger partial charge >= 0.3 is 0 Å². The van der Waals surface area contributed by atoms with Crippen LogP contribution in [0.5, 0.6) is 11.5 Å². The number of hydrogen-bond donors (Lipinski definition) is 2. The van der Waals surface area contributed by atoms with E-state index in [1.165, 1.54) is 0 Å². The Hall–Kier alpha value is 0.280. The maximum absolute atomic E-state index is 10.5. The van der Waals surface area contributed by atoms with Crippen molar-refractivity contribution < 1.29 is 10.2 Å². The van der Waals surface area contributed by atoms with E-state index in [-0.39, 0.29) is 0 Å². The summed E-state index contributed by atoms with van der Waals surface area (Å²) in [5, 5.41) is 23.0. The zero-order chi connectivity index (χ0) is 22.0. The summed E-state index contributed by atoms with van der Waals surface area (Å²) in [5.41, 5.74) is 3.42. The van der Waals surface area contributed by atoms with Gasteiger partial charge in [-0.15, -0.1) is 0 Å². The zero-order valence-electron chi connectivity index (χ0n) is 18.0. The third kappa shape index (κ3) is 5.70. The van der Waals surface area contributed by atoms with E-state index in [1.54, 1.807) is 0 Å². The van der Waals surface area contributed by atoms with Crippen LogP contribution in [0.2, 0.25) is 0 Å². The molecule has 1 saturated heterocycles. The van der Waals surface area contributed by atoms with Gasteiger partial charge in [-0.1, -0.05) is 44.1 Å². The first kappa shape index (κ1) is 20.2. The minimum absolute atomic E-state index is 0.330. The molecule has 28 heavy (non-hydrogen) atoms. The molecule has 1 heterocycles. The smallest absolute Gasteiger partial charge is 0.123 e. The Balaban J connectivity index is 1.74. The van der Waals surface area contributed by atoms with E-state index >= 15 is 0 Å². The fraction of sp³-hybridized carbons (Fsp3) is 0.400. The molecule has 3 rings (SSSR count). The number of aryl methyl sites for hydroxylation is 2. The number of hydrogen-bond acceptors (Lipinski definition) is 4. The fourth-order valence-corrected chi connectivity index (χ4v) is 6.25. The number of rotatable bonds is 6. The summed E-state index contributed by atoms with van der Waals surface area (Å²) in [6.07, 6.45) is -0.945. The van der Waals surface area contributed by atoms with Crippen LogP contribution in [0.3, 0.4) is 0 Å². The first-order valence-corrected chi connectivity index (χ1v) is 16.5. The standard InChI is InChI=1S/C20H26I2N2O2P2/c1-13-6-17(27-21)8-15(19(13)25)10-23-4-3-5-24(12-23)11-16-9-18(28-22)7-14(2)20(16)26/h6-9,25-28H,3-5,10-12H2,1-2H3/i27D,28D. The molecule has 2 aromatic rings. The molecule has 2 aromatic carbocycles. The van der Waals surface area contributed by atoms with Crippen molar-refractivity contribution in [1.29, 1.82) is 2.56 Å². The highest BCUT2D eigenvalue weighted by molar-refractivity contribution is 14.2. The number of phenols is 2. The summed E-state index contributed by atoms with van der Waals surface area (Å²) in [7, 11) is 0. The molecule has 2 unspecified atom stereocenters. The molecule has 0 amide bonds. The second kappa shape index (κ2) is 10.5. The quantitative estimate of drug-likeness (QED) is 0.355. The number of phenolic OH excluding ortho intramolecular Hbond substituents is 2. The van der Waals surface area contributed by atoms with Gasteiger partial charge in [-0.05, 0) is 78.6 Å². The van der Waals surface area contributed by atoms with Gasteiger partial charge in [0.1, 0.15) is 11.5 Å². The van der Waals surface area contributed by atoms with Crippen molar-refractivity contribution in [2.24, 2.45) is 0 Å². The molecule has 4 nitrogen and oxygen atoms in total. The number of benzene rings is 2. The summed E-state index contributed by atoms with van der Waals surface area (Å²) >= 11 is 4.29. The lowest BCUT2D eigenvalue weighted by atomic mass is 10.1. The molecule has 0 aliphatic carbocycles. The molecule has 1 fully saturated rings. The van der Waals surface area contributed by atoms with Crippen LogP contribution in [0.15, 0.2) is 24.3 Å². The maximum atomic E-state index is 10.5. The van der Waals surface area contributed by atoms with Crippen LogP contribution >= 0.6 is 56.4 Å². The highest BCUT2D eigenvalue weighted by Gasteiger charge is 2.21. The van der Waals surface area contributed by atoms with Gasteiger partial charge in [0.15, 0.2) is 0 Å². The molecular weight excluding hydrogens is 616 g/mol. The first-order chi connectivity index (χ1) is 14.2. The number of nitrogens with zero attached hydrogens (tertiary/aromatic N) is 2. The molecule has 0 bridgehead atoms. The monoisotopic (exact) mass is 644 g/mol. The average Bonchev–Trinajstić information content (AvgIpc) is 2.68. The van der Waals surface area contributed by atoms with E-state index in [1.807, 2.05) is 38.1 Å². The Kier molecular flexibility index (Phi) is 7.60. The van der Waals surface area contributed by atoms with Crippen molar-refractivity contribution in [3.8, 4) is 11.5 Å². The van der Waals surface area contributed by atoms with Crippen molar-refractivity contribution in [2.75, 3.05) is 19.8 Å². The van der Waals surface area contributed by atoms with Gasteiger partial charge in [0, 0.05) is 37.3 Å². The van der Waals surface area contributed by atoms with E-state index in [0.717, 1.165) is 59.0 Å². The van der Waals surface area contributed by atoms with E-state index in [0.29, 0.717) is 24.6 Å². The molecular formula is C20H26I2N2O2P2. The molecule has 152 valence electrons. The maximum Gasteiger partial charge on any atom is 0.123 e. The van der Waals surface area contributed by atoms with Crippen LogP contribution in [-0.4, -0.2) is 42.3 Å². The molecule has 2 N–H and O–H groups in total. The average molecular weight is 644 g/mol. The van der Waals surface area contributed by atoms with Crippen LogP contribution < -0.4 is 10.6 Å². The topological polar surface area (TPSA) is 46.9 Å². The van der Waals surface area contributed by atoms with Crippen LogP contribution in [0.25, 0.3) is 0 Å². The lowest BCUT2D eigenvalue weighted by molar-refractivity contribution is 0.0735. The van der Waals surface area contributed by atoms with E-state index < -0.39 is 12.3 Å². The van der Waals surface area contributed by atoms with Crippen molar-refractivity contribution in [3.63, 3.8) is 0 Å². The molecule has 0 radical (unpaired) electrons. The zero-order valence-corrected chi connectivity index (χ0v) is 22.1. The predicted octanol–water partition coefficient (Wildman–Crippen LogP) is 4.69. The highest BCUT2D eigenvalue weighted by Crippen LogP contribution is 2.30. The Morgan fingerprint density at radius 2 is 1.32 bits per heavy atom. The normalized spacial score (nSPS) is 19.1. The largest absolute Gasteiger partial charge is 0.507 e. The Labute approximate surface area is 199 Å². The van der Waals surface area contributed by atoms with Gasteiger partial charge in [0.05, 0.1) is 9.23 Å². The first-order valence-electron chi connectivity index (χ1n) is 10.0. The van der Waals surface area contributed by atoms with Crippen molar-refractivity contribution >= 4 is 67.0 Å². The third-order valence-electron chi connectivity index (χ3n) is 5.06. The minimum atomic E-state index is -0.983. The molecule has 0 aromatic heterocycles. The third-order valence-corrected chi connectivity index (χ3v) is 9.31. The lowest BCUT2D eigenvalue weighted by Crippen LogP contribution is -2.44. The summed E-state index contributed by atoms with van der Waals surface area (Å²) in [4.78, 5) is 4.62. The van der Waals surface area contributed by atoms with Crippen molar-refractivity contribution in [1.82, 2.24) is 9.80 Å². The van der Waals surface area contributed by atoms with Crippen LogP contribution in [0.1, 0.15) is 28.7 Å². The van der Waals surface area contributed by atoms with E-state index in [9.17, 15) is 10.2 Å². The summed E-state index contributed by atoms with van der Waals surface area (Å²) < 4.78 is 16.1. The Morgan fingerprint density at radius 3 is 1.71 bits per heavy atom. The van der Waals surface area contributed by atoms with Gasteiger partial charge in [-0.3, -0.25) is 9.80 Å². The SMILES string of the molecule is [2H]P(I)c1cc(C)c(O)c(CN2CCCN(Cc3cc(P([2H])I)cc(C)c3O)C2)c1. The second-order valence-corrected chi connectivity index (χ2v) is 11.6. The van der Waals surface area contributed by atoms with Crippen molar-refractivity contribution in [3.05, 3.63) is 46.5 Å². The fourth-order valence-electron chi connectivity index (χ4n) is 3.68. The van der Waals surface area contributed by atoms with Crippen molar-refractivity contribution in [2.45, 2.75) is 33.4 Å². The minimum Gasteiger partial charge on any atom is -0.507 e. The van der Waals surface area contributed by atoms with Gasteiger partial charge in [0.25, 0.3) is 0 Å². The van der Waals surface area contributed by atoms with Crippen LogP contribution in [-0.2, 0) is 13.1 Å². The van der Waals surface area contributed by atoms with Gasteiger partial charge in [-0.25, -0.2) is 0 Å². The van der Waals surface area contributed by atoms with E-state index in [2.05, 4.69) is 53.9 Å². The Morgan fingerprint density at radius 1 is 0.893 bits per heavy atom. The summed E-state index contributed by atoms with van der Waals surface area (Å²) in [6, 6.07) is 7.78. The lowest BCUT2D eigenvalue weighted by Gasteiger charge is -2.36.